The smallest absolute Gasteiger partial charge is 0.134 e. The molecular formula is C9H9FN2. The average Bonchev–Trinajstić information content (AvgIpc) is 2.44. The summed E-state index contributed by atoms with van der Waals surface area (Å²) in [6.07, 6.45) is 0. The average molecular weight is 164 g/mol. The Hall–Kier alpha value is -1.38. The van der Waals surface area contributed by atoms with Crippen LogP contribution in [0.3, 0.4) is 0 Å². The summed E-state index contributed by atoms with van der Waals surface area (Å²) in [5.41, 5.74) is 1.50. The minimum absolute atomic E-state index is 0.499. The lowest BCUT2D eigenvalue weighted by molar-refractivity contribution is 0.473. The van der Waals surface area contributed by atoms with E-state index in [9.17, 15) is 4.39 Å². The van der Waals surface area contributed by atoms with E-state index in [2.05, 4.69) is 5.10 Å². The van der Waals surface area contributed by atoms with Gasteiger partial charge in [-0.1, -0.05) is 18.2 Å². The molecule has 0 aliphatic carbocycles. The molecule has 1 heterocycles. The zero-order chi connectivity index (χ0) is 8.55. The highest BCUT2D eigenvalue weighted by Crippen LogP contribution is 2.17. The summed E-state index contributed by atoms with van der Waals surface area (Å²) >= 11 is 0. The second-order valence-electron chi connectivity index (χ2n) is 2.72. The predicted molar refractivity (Wildman–Crippen MR) is 45.5 cm³/mol. The second-order valence-corrected chi connectivity index (χ2v) is 2.72. The van der Waals surface area contributed by atoms with Gasteiger partial charge in [0.25, 0.3) is 0 Å². The van der Waals surface area contributed by atoms with Gasteiger partial charge < -0.3 is 0 Å². The van der Waals surface area contributed by atoms with E-state index in [1.165, 1.54) is 0 Å². The number of hydrogen-bond acceptors (Lipinski definition) is 1. The molecule has 2 aromatic rings. The van der Waals surface area contributed by atoms with Crippen molar-refractivity contribution < 1.29 is 4.39 Å². The van der Waals surface area contributed by atoms with E-state index in [-0.39, 0.29) is 0 Å². The van der Waals surface area contributed by atoms with Crippen LogP contribution < -0.4 is 0 Å². The van der Waals surface area contributed by atoms with Gasteiger partial charge in [0.2, 0.25) is 0 Å². The van der Waals surface area contributed by atoms with Gasteiger partial charge in [-0.05, 0) is 6.07 Å². The third kappa shape index (κ3) is 0.897. The van der Waals surface area contributed by atoms with Gasteiger partial charge in [0.05, 0.1) is 5.52 Å². The van der Waals surface area contributed by atoms with Crippen LogP contribution in [0.2, 0.25) is 0 Å². The van der Waals surface area contributed by atoms with Crippen LogP contribution in [0, 0.1) is 0 Å². The Morgan fingerprint density at radius 2 is 2.17 bits per heavy atom. The fourth-order valence-electron chi connectivity index (χ4n) is 1.39. The van der Waals surface area contributed by atoms with Crippen molar-refractivity contribution in [3.8, 4) is 0 Å². The Balaban J connectivity index is 2.82. The Morgan fingerprint density at radius 1 is 1.42 bits per heavy atom. The number of hydrogen-bond donors (Lipinski definition) is 0. The first-order valence-electron chi connectivity index (χ1n) is 3.79. The Kier molecular flexibility index (Phi) is 1.57. The highest BCUT2D eigenvalue weighted by atomic mass is 19.1. The molecule has 0 bridgehead atoms. The van der Waals surface area contributed by atoms with Gasteiger partial charge in [-0.15, -0.1) is 0 Å². The molecule has 2 rings (SSSR count). The van der Waals surface area contributed by atoms with Crippen LogP contribution >= 0.6 is 0 Å². The van der Waals surface area contributed by atoms with Crippen molar-refractivity contribution in [1.82, 2.24) is 9.78 Å². The van der Waals surface area contributed by atoms with E-state index in [4.69, 9.17) is 0 Å². The van der Waals surface area contributed by atoms with Crippen molar-refractivity contribution in [2.45, 2.75) is 6.67 Å². The first-order valence-corrected chi connectivity index (χ1v) is 3.79. The molecule has 1 aromatic heterocycles. The van der Waals surface area contributed by atoms with Crippen molar-refractivity contribution in [1.29, 1.82) is 0 Å². The molecule has 62 valence electrons. The van der Waals surface area contributed by atoms with Crippen LogP contribution in [0.15, 0.2) is 24.3 Å². The lowest BCUT2D eigenvalue weighted by Gasteiger charge is -1.90. The number of halogens is 1. The molecular weight excluding hydrogens is 155 g/mol. The molecule has 2 nitrogen and oxygen atoms in total. The van der Waals surface area contributed by atoms with E-state index < -0.39 is 6.67 Å². The maximum Gasteiger partial charge on any atom is 0.134 e. The van der Waals surface area contributed by atoms with Gasteiger partial charge in [-0.2, -0.15) is 5.10 Å². The molecule has 3 heteroatoms. The summed E-state index contributed by atoms with van der Waals surface area (Å²) in [5.74, 6) is 0. The van der Waals surface area contributed by atoms with Crippen molar-refractivity contribution >= 4 is 10.9 Å². The van der Waals surface area contributed by atoms with E-state index in [0.717, 1.165) is 10.9 Å². The minimum Gasteiger partial charge on any atom is -0.268 e. The van der Waals surface area contributed by atoms with Crippen LogP contribution in [0.5, 0.6) is 0 Å². The van der Waals surface area contributed by atoms with Gasteiger partial charge in [0.1, 0.15) is 12.4 Å². The molecule has 0 N–H and O–H groups in total. The number of fused-ring (bicyclic) bond motifs is 1. The molecule has 0 saturated carbocycles. The van der Waals surface area contributed by atoms with Gasteiger partial charge in [0, 0.05) is 12.4 Å². The minimum atomic E-state index is -0.499. The van der Waals surface area contributed by atoms with Crippen molar-refractivity contribution in [3.63, 3.8) is 0 Å². The monoisotopic (exact) mass is 164 g/mol. The van der Waals surface area contributed by atoms with Gasteiger partial charge in [0.15, 0.2) is 0 Å². The predicted octanol–water partition coefficient (Wildman–Crippen LogP) is 2.04. The molecule has 0 amide bonds. The Bertz CT molecular complexity index is 406. The molecule has 0 aliphatic heterocycles. The summed E-state index contributed by atoms with van der Waals surface area (Å²) < 4.78 is 14.1. The summed E-state index contributed by atoms with van der Waals surface area (Å²) in [5, 5.41) is 4.96. The fraction of sp³-hybridized carbons (Fsp3) is 0.222. The van der Waals surface area contributed by atoms with Crippen LogP contribution in [0.1, 0.15) is 5.69 Å². The van der Waals surface area contributed by atoms with Gasteiger partial charge in [-0.25, -0.2) is 4.39 Å². The summed E-state index contributed by atoms with van der Waals surface area (Å²) in [6.45, 7) is -0.499. The highest BCUT2D eigenvalue weighted by Gasteiger charge is 2.05. The first kappa shape index (κ1) is 7.28. The number of benzene rings is 1. The van der Waals surface area contributed by atoms with Crippen LogP contribution in [0.25, 0.3) is 10.9 Å². The zero-order valence-electron chi connectivity index (χ0n) is 6.79. The molecule has 0 spiro atoms. The van der Waals surface area contributed by atoms with E-state index in [1.54, 1.807) is 4.68 Å². The number of alkyl halides is 1. The van der Waals surface area contributed by atoms with Crippen LogP contribution in [-0.4, -0.2) is 9.78 Å². The number of rotatable bonds is 1. The summed E-state index contributed by atoms with van der Waals surface area (Å²) in [6, 6.07) is 7.63. The quantitative estimate of drug-likeness (QED) is 0.630. The maximum atomic E-state index is 12.4. The van der Waals surface area contributed by atoms with Crippen LogP contribution in [0.4, 0.5) is 4.39 Å². The van der Waals surface area contributed by atoms with Gasteiger partial charge in [-0.3, -0.25) is 4.68 Å². The molecule has 12 heavy (non-hydrogen) atoms. The number of nitrogens with zero attached hydrogens (tertiary/aromatic N) is 2. The standard InChI is InChI=1S/C9H9FN2/c1-12-9-5-3-2-4-7(9)8(6-10)11-12/h2-5H,6H2,1H3. The summed E-state index contributed by atoms with van der Waals surface area (Å²) in [4.78, 5) is 0. The third-order valence-electron chi connectivity index (χ3n) is 1.96. The lowest BCUT2D eigenvalue weighted by Crippen LogP contribution is -1.89. The third-order valence-corrected chi connectivity index (χ3v) is 1.96. The van der Waals surface area contributed by atoms with E-state index in [0.29, 0.717) is 5.69 Å². The summed E-state index contributed by atoms with van der Waals surface area (Å²) in [7, 11) is 1.82. The number of aryl methyl sites for hydroxylation is 1. The fourth-order valence-corrected chi connectivity index (χ4v) is 1.39. The SMILES string of the molecule is Cn1nc(CF)c2ccccc21. The Labute approximate surface area is 69.6 Å². The van der Waals surface area contributed by atoms with E-state index >= 15 is 0 Å². The molecule has 0 aliphatic rings. The lowest BCUT2D eigenvalue weighted by atomic mass is 10.2. The normalized spacial score (nSPS) is 10.8. The molecule has 0 radical (unpaired) electrons. The number of para-hydroxylation sites is 1. The second kappa shape index (κ2) is 2.59. The van der Waals surface area contributed by atoms with Crippen molar-refractivity contribution in [2.24, 2.45) is 7.05 Å². The molecule has 1 aromatic carbocycles. The Morgan fingerprint density at radius 3 is 2.92 bits per heavy atom. The number of aromatic nitrogens is 2. The molecule has 0 atom stereocenters. The molecule has 0 fully saturated rings. The van der Waals surface area contributed by atoms with Crippen molar-refractivity contribution in [3.05, 3.63) is 30.0 Å². The molecule has 0 saturated heterocycles. The van der Waals surface area contributed by atoms with Gasteiger partial charge >= 0.3 is 0 Å². The largest absolute Gasteiger partial charge is 0.268 e. The highest BCUT2D eigenvalue weighted by molar-refractivity contribution is 5.81. The maximum absolute atomic E-state index is 12.4. The van der Waals surface area contributed by atoms with Crippen LogP contribution in [-0.2, 0) is 13.7 Å². The first-order chi connectivity index (χ1) is 5.83. The van der Waals surface area contributed by atoms with Crippen molar-refractivity contribution in [2.75, 3.05) is 0 Å². The zero-order valence-corrected chi connectivity index (χ0v) is 6.79. The van der Waals surface area contributed by atoms with E-state index in [1.807, 2.05) is 31.3 Å². The molecule has 0 unspecified atom stereocenters. The topological polar surface area (TPSA) is 17.8 Å².